The van der Waals surface area contributed by atoms with E-state index in [1.807, 2.05) is 10.6 Å². The molecule has 0 fully saturated rings. The van der Waals surface area contributed by atoms with Gasteiger partial charge in [-0.3, -0.25) is 9.55 Å². The fourth-order valence-electron chi connectivity index (χ4n) is 3.34. The first-order valence-electron chi connectivity index (χ1n) is 8.98. The number of imidazole rings is 1. The zero-order valence-corrected chi connectivity index (χ0v) is 15.1. The van der Waals surface area contributed by atoms with Crippen molar-refractivity contribution in [2.75, 3.05) is 6.61 Å². The summed E-state index contributed by atoms with van der Waals surface area (Å²) in [7, 11) is 0. The fourth-order valence-corrected chi connectivity index (χ4v) is 3.34. The monoisotopic (exact) mass is 387 g/mol. The molecule has 0 saturated carbocycles. The van der Waals surface area contributed by atoms with Gasteiger partial charge in [0.2, 0.25) is 5.95 Å². The smallest absolute Gasteiger partial charge is 0.297 e. The molecule has 142 valence electrons. The second kappa shape index (κ2) is 6.87. The molecule has 1 aliphatic heterocycles. The first-order chi connectivity index (χ1) is 14.2. The minimum absolute atomic E-state index is 0.211. The Labute approximate surface area is 165 Å². The van der Waals surface area contributed by atoms with E-state index in [2.05, 4.69) is 21.0 Å². The normalized spacial score (nSPS) is 15.0. The van der Waals surface area contributed by atoms with Crippen molar-refractivity contribution >= 4 is 11.0 Å². The van der Waals surface area contributed by atoms with Crippen molar-refractivity contribution < 1.29 is 13.9 Å². The molecule has 0 radical (unpaired) electrons. The SMILES string of the molecule is N#Cc1ccc2c(c1)nc1n2C[C@@H](COc2cccnc2-c2ccc(F)nc2)O1. The number of benzene rings is 1. The van der Waals surface area contributed by atoms with E-state index in [-0.39, 0.29) is 6.10 Å². The van der Waals surface area contributed by atoms with Gasteiger partial charge in [0.05, 0.1) is 29.2 Å². The van der Waals surface area contributed by atoms with Gasteiger partial charge in [-0.1, -0.05) is 0 Å². The summed E-state index contributed by atoms with van der Waals surface area (Å²) in [4.78, 5) is 12.5. The van der Waals surface area contributed by atoms with E-state index in [9.17, 15) is 4.39 Å². The van der Waals surface area contributed by atoms with Crippen LogP contribution in [-0.4, -0.2) is 32.2 Å². The van der Waals surface area contributed by atoms with E-state index in [1.54, 1.807) is 36.5 Å². The first kappa shape index (κ1) is 17.1. The highest BCUT2D eigenvalue weighted by atomic mass is 19.1. The maximum Gasteiger partial charge on any atom is 0.297 e. The number of pyridine rings is 2. The van der Waals surface area contributed by atoms with Gasteiger partial charge < -0.3 is 9.47 Å². The van der Waals surface area contributed by atoms with Crippen molar-refractivity contribution in [1.82, 2.24) is 19.5 Å². The van der Waals surface area contributed by atoms with Crippen molar-refractivity contribution in [2.45, 2.75) is 12.6 Å². The molecule has 7 nitrogen and oxygen atoms in total. The van der Waals surface area contributed by atoms with E-state index in [4.69, 9.17) is 14.7 Å². The van der Waals surface area contributed by atoms with E-state index >= 15 is 0 Å². The Balaban J connectivity index is 1.32. The molecule has 0 amide bonds. The molecule has 1 aromatic carbocycles. The first-order valence-corrected chi connectivity index (χ1v) is 8.98. The number of nitriles is 1. The highest BCUT2D eigenvalue weighted by Crippen LogP contribution is 2.30. The van der Waals surface area contributed by atoms with Crippen LogP contribution in [0.2, 0.25) is 0 Å². The molecule has 0 aliphatic carbocycles. The van der Waals surface area contributed by atoms with Crippen LogP contribution >= 0.6 is 0 Å². The van der Waals surface area contributed by atoms with Crippen LogP contribution in [0.15, 0.2) is 54.9 Å². The number of rotatable bonds is 4. The fraction of sp³-hybridized carbons (Fsp3) is 0.143. The Kier molecular flexibility index (Phi) is 4.06. The molecular weight excluding hydrogens is 373 g/mol. The molecule has 4 aromatic rings. The highest BCUT2D eigenvalue weighted by molar-refractivity contribution is 5.78. The summed E-state index contributed by atoms with van der Waals surface area (Å²) >= 11 is 0. The van der Waals surface area contributed by atoms with Gasteiger partial charge in [0.25, 0.3) is 6.01 Å². The predicted octanol–water partition coefficient (Wildman–Crippen LogP) is 3.34. The molecular formula is C21H14FN5O2. The lowest BCUT2D eigenvalue weighted by Crippen LogP contribution is -2.23. The van der Waals surface area contributed by atoms with Crippen molar-refractivity contribution in [3.63, 3.8) is 0 Å². The van der Waals surface area contributed by atoms with Crippen LogP contribution < -0.4 is 9.47 Å². The van der Waals surface area contributed by atoms with Gasteiger partial charge in [0.1, 0.15) is 18.1 Å². The minimum atomic E-state index is -0.546. The third kappa shape index (κ3) is 3.12. The molecule has 29 heavy (non-hydrogen) atoms. The largest absolute Gasteiger partial charge is 0.487 e. The van der Waals surface area contributed by atoms with Gasteiger partial charge in [-0.2, -0.15) is 14.6 Å². The number of aromatic nitrogens is 4. The zero-order chi connectivity index (χ0) is 19.8. The summed E-state index contributed by atoms with van der Waals surface area (Å²) in [5, 5.41) is 9.02. The average molecular weight is 387 g/mol. The van der Waals surface area contributed by atoms with Gasteiger partial charge >= 0.3 is 0 Å². The Morgan fingerprint density at radius 3 is 3.00 bits per heavy atom. The number of halogens is 1. The maximum absolute atomic E-state index is 13.1. The number of fused-ring (bicyclic) bond motifs is 3. The van der Waals surface area contributed by atoms with Gasteiger partial charge in [-0.25, -0.2) is 4.98 Å². The Morgan fingerprint density at radius 2 is 2.17 bits per heavy atom. The van der Waals surface area contributed by atoms with Crippen LogP contribution in [0, 0.1) is 17.3 Å². The van der Waals surface area contributed by atoms with Crippen LogP contribution in [0.3, 0.4) is 0 Å². The molecule has 5 rings (SSSR count). The molecule has 0 bridgehead atoms. The van der Waals surface area contributed by atoms with Gasteiger partial charge in [0.15, 0.2) is 6.10 Å². The molecule has 0 unspecified atom stereocenters. The van der Waals surface area contributed by atoms with Crippen LogP contribution in [-0.2, 0) is 6.54 Å². The average Bonchev–Trinajstić information content (AvgIpc) is 3.30. The highest BCUT2D eigenvalue weighted by Gasteiger charge is 2.27. The van der Waals surface area contributed by atoms with Crippen LogP contribution in [0.5, 0.6) is 11.8 Å². The van der Waals surface area contributed by atoms with Gasteiger partial charge in [-0.15, -0.1) is 0 Å². The molecule has 0 saturated heterocycles. The molecule has 0 spiro atoms. The lowest BCUT2D eigenvalue weighted by molar-refractivity contribution is 0.144. The van der Waals surface area contributed by atoms with Gasteiger partial charge in [-0.05, 0) is 42.5 Å². The zero-order valence-electron chi connectivity index (χ0n) is 15.1. The lowest BCUT2D eigenvalue weighted by Gasteiger charge is -2.14. The van der Waals surface area contributed by atoms with Crippen LogP contribution in [0.4, 0.5) is 4.39 Å². The van der Waals surface area contributed by atoms with Crippen molar-refractivity contribution in [3.8, 4) is 29.1 Å². The van der Waals surface area contributed by atoms with E-state index in [0.29, 0.717) is 41.7 Å². The van der Waals surface area contributed by atoms with E-state index in [1.165, 1.54) is 12.3 Å². The van der Waals surface area contributed by atoms with E-state index < -0.39 is 5.95 Å². The van der Waals surface area contributed by atoms with Crippen molar-refractivity contribution in [2.24, 2.45) is 0 Å². The number of hydrogen-bond donors (Lipinski definition) is 0. The third-order valence-electron chi connectivity index (χ3n) is 4.70. The molecule has 4 heterocycles. The number of nitrogens with zero attached hydrogens (tertiary/aromatic N) is 5. The second-order valence-corrected chi connectivity index (χ2v) is 6.59. The summed E-state index contributed by atoms with van der Waals surface area (Å²) in [5.41, 5.74) is 3.47. The molecule has 1 aliphatic rings. The topological polar surface area (TPSA) is 85.9 Å². The number of ether oxygens (including phenoxy) is 2. The molecule has 0 N–H and O–H groups in total. The Morgan fingerprint density at radius 1 is 1.24 bits per heavy atom. The van der Waals surface area contributed by atoms with Crippen molar-refractivity contribution in [1.29, 1.82) is 5.26 Å². The number of hydrogen-bond acceptors (Lipinski definition) is 6. The lowest BCUT2D eigenvalue weighted by atomic mass is 10.2. The predicted molar refractivity (Wildman–Crippen MR) is 102 cm³/mol. The molecule has 8 heteroatoms. The standard InChI is InChI=1S/C21H14FN5O2/c22-19-6-4-14(10-25-19)20-18(2-1-7-24-20)28-12-15-11-27-17-5-3-13(9-23)8-16(17)26-21(27)29-15/h1-8,10,15H,11-12H2/t15-/m0/s1. The summed E-state index contributed by atoms with van der Waals surface area (Å²) in [6, 6.07) is 14.5. The minimum Gasteiger partial charge on any atom is -0.487 e. The quantitative estimate of drug-likeness (QED) is 0.499. The van der Waals surface area contributed by atoms with Crippen LogP contribution in [0.1, 0.15) is 5.56 Å². The Hall–Kier alpha value is -3.99. The summed E-state index contributed by atoms with van der Waals surface area (Å²) in [5.74, 6) is 0.0209. The van der Waals surface area contributed by atoms with Gasteiger partial charge in [0, 0.05) is 18.0 Å². The summed E-state index contributed by atoms with van der Waals surface area (Å²) in [6.45, 7) is 0.889. The maximum atomic E-state index is 13.1. The Bertz CT molecular complexity index is 1250. The van der Waals surface area contributed by atoms with Crippen molar-refractivity contribution in [3.05, 3.63) is 66.4 Å². The van der Waals surface area contributed by atoms with E-state index in [0.717, 1.165) is 11.0 Å². The summed E-state index contributed by atoms with van der Waals surface area (Å²) < 4.78 is 26.9. The molecule has 1 atom stereocenters. The van der Waals surface area contributed by atoms with Crippen LogP contribution in [0.25, 0.3) is 22.3 Å². The second-order valence-electron chi connectivity index (χ2n) is 6.59. The molecule has 3 aromatic heterocycles. The third-order valence-corrected chi connectivity index (χ3v) is 4.70. The summed E-state index contributed by atoms with van der Waals surface area (Å²) in [6.07, 6.45) is 2.86.